The Kier molecular flexibility index (Phi) is 4.26. The highest BCUT2D eigenvalue weighted by molar-refractivity contribution is 7.91. The van der Waals surface area contributed by atoms with Crippen molar-refractivity contribution in [2.24, 2.45) is 0 Å². The molecule has 0 spiro atoms. The molecule has 4 rings (SSSR count). The zero-order valence-corrected chi connectivity index (χ0v) is 15.2. The van der Waals surface area contributed by atoms with E-state index in [1.54, 1.807) is 12.1 Å². The van der Waals surface area contributed by atoms with Gasteiger partial charge in [0.2, 0.25) is 9.84 Å². The van der Waals surface area contributed by atoms with Crippen molar-refractivity contribution in [1.82, 2.24) is 9.55 Å². The first kappa shape index (κ1) is 17.7. The first-order chi connectivity index (χ1) is 12.9. The molecule has 0 amide bonds. The number of aryl methyl sites for hydroxylation is 1. The number of alkyl halides is 2. The number of ether oxygens (including phenoxy) is 2. The fourth-order valence-corrected chi connectivity index (χ4v) is 3.85. The maximum Gasteiger partial charge on any atom is 0.341 e. The number of aromatic nitrogens is 2. The smallest absolute Gasteiger partial charge is 0.341 e. The molecule has 2 aromatic carbocycles. The van der Waals surface area contributed by atoms with Crippen molar-refractivity contribution in [3.8, 4) is 22.9 Å². The van der Waals surface area contributed by atoms with Gasteiger partial charge in [-0.3, -0.25) is 0 Å². The van der Waals surface area contributed by atoms with Crippen molar-refractivity contribution in [2.45, 2.75) is 24.1 Å². The number of hydrogen-bond acceptors (Lipinski definition) is 5. The third-order valence-electron chi connectivity index (χ3n) is 4.40. The largest absolute Gasteiger partial charge is 0.486 e. The average molecular weight is 394 g/mol. The summed E-state index contributed by atoms with van der Waals surface area (Å²) in [4.78, 5) is 4.05. The number of nitrogens with zero attached hydrogens (tertiary/aromatic N) is 2. The van der Waals surface area contributed by atoms with Crippen molar-refractivity contribution < 1.29 is 26.7 Å². The molecule has 3 aromatic rings. The van der Waals surface area contributed by atoms with E-state index < -0.39 is 20.5 Å². The van der Waals surface area contributed by atoms with Crippen LogP contribution < -0.4 is 9.47 Å². The van der Waals surface area contributed by atoms with E-state index in [4.69, 9.17) is 9.47 Å². The predicted octanol–water partition coefficient (Wildman–Crippen LogP) is 3.49. The summed E-state index contributed by atoms with van der Waals surface area (Å²) in [5.74, 6) is -1.62. The van der Waals surface area contributed by atoms with E-state index in [2.05, 4.69) is 4.98 Å². The van der Waals surface area contributed by atoms with Gasteiger partial charge in [-0.05, 0) is 43.3 Å². The third kappa shape index (κ3) is 2.91. The fraction of sp³-hybridized carbons (Fsp3) is 0.278. The lowest BCUT2D eigenvalue weighted by molar-refractivity contribution is 0.171. The molecule has 1 aliphatic heterocycles. The molecule has 0 radical (unpaired) electrons. The first-order valence-electron chi connectivity index (χ1n) is 8.34. The van der Waals surface area contributed by atoms with Crippen LogP contribution in [-0.4, -0.2) is 36.9 Å². The van der Waals surface area contributed by atoms with Gasteiger partial charge in [0.1, 0.15) is 19.0 Å². The van der Waals surface area contributed by atoms with Crippen LogP contribution in [0.4, 0.5) is 8.78 Å². The number of benzene rings is 2. The van der Waals surface area contributed by atoms with Gasteiger partial charge in [0.25, 0.3) is 0 Å². The molecular formula is C18H16F2N2O4S. The Labute approximate surface area is 154 Å². The molecule has 2 heterocycles. The topological polar surface area (TPSA) is 70.4 Å². The van der Waals surface area contributed by atoms with Crippen LogP contribution >= 0.6 is 0 Å². The lowest BCUT2D eigenvalue weighted by Crippen LogP contribution is -2.15. The van der Waals surface area contributed by atoms with E-state index >= 15 is 0 Å². The molecule has 0 aliphatic carbocycles. The summed E-state index contributed by atoms with van der Waals surface area (Å²) >= 11 is 0. The number of hydrogen-bond donors (Lipinski definition) is 0. The van der Waals surface area contributed by atoms with Crippen molar-refractivity contribution >= 4 is 20.9 Å². The Hall–Kier alpha value is -2.68. The maximum atomic E-state index is 12.8. The lowest BCUT2D eigenvalue weighted by atomic mass is 10.2. The molecule has 0 N–H and O–H groups in total. The van der Waals surface area contributed by atoms with E-state index in [9.17, 15) is 17.2 Å². The summed E-state index contributed by atoms with van der Waals surface area (Å²) in [5, 5.41) is 0. The molecule has 27 heavy (non-hydrogen) atoms. The summed E-state index contributed by atoms with van der Waals surface area (Å²) in [6.45, 7) is 3.43. The van der Waals surface area contributed by atoms with Gasteiger partial charge in [-0.15, -0.1) is 0 Å². The molecule has 0 unspecified atom stereocenters. The van der Waals surface area contributed by atoms with Crippen LogP contribution in [0.15, 0.2) is 41.3 Å². The average Bonchev–Trinajstić information content (AvgIpc) is 3.05. The number of rotatable bonds is 4. The predicted molar refractivity (Wildman–Crippen MR) is 95.0 cm³/mol. The monoisotopic (exact) mass is 394 g/mol. The molecule has 1 aromatic heterocycles. The second-order valence-corrected chi connectivity index (χ2v) is 7.91. The van der Waals surface area contributed by atoms with Gasteiger partial charge in [-0.1, -0.05) is 0 Å². The van der Waals surface area contributed by atoms with Crippen molar-refractivity contribution in [3.63, 3.8) is 0 Å². The van der Waals surface area contributed by atoms with Gasteiger partial charge in [0.05, 0.1) is 15.9 Å². The second kappa shape index (κ2) is 6.49. The molecule has 0 saturated carbocycles. The molecule has 142 valence electrons. The minimum atomic E-state index is -4.67. The van der Waals surface area contributed by atoms with E-state index in [-0.39, 0.29) is 0 Å². The SMILES string of the molecule is CCn1c(-c2ccc3c(c2)OCCO3)nc2cc(S(=O)(=O)C(F)F)ccc21. The van der Waals surface area contributed by atoms with E-state index in [1.807, 2.05) is 17.6 Å². The second-order valence-electron chi connectivity index (χ2n) is 5.99. The van der Waals surface area contributed by atoms with Crippen LogP contribution in [0.5, 0.6) is 11.5 Å². The van der Waals surface area contributed by atoms with Crippen LogP contribution in [0, 0.1) is 0 Å². The highest BCUT2D eigenvalue weighted by Crippen LogP contribution is 2.35. The standard InChI is InChI=1S/C18H16F2N2O4S/c1-2-22-14-5-4-12(27(23,24)18(19)20)10-13(14)21-17(22)11-3-6-15-16(9-11)26-8-7-25-15/h3-6,9-10,18H,2,7-8H2,1H3. The molecule has 0 atom stereocenters. The van der Waals surface area contributed by atoms with Crippen LogP contribution in [0.1, 0.15) is 6.92 Å². The summed E-state index contributed by atoms with van der Waals surface area (Å²) in [6.07, 6.45) is 0. The van der Waals surface area contributed by atoms with E-state index in [0.29, 0.717) is 48.1 Å². The number of sulfone groups is 1. The van der Waals surface area contributed by atoms with E-state index in [1.165, 1.54) is 18.2 Å². The Morgan fingerprint density at radius 1 is 1.11 bits per heavy atom. The zero-order chi connectivity index (χ0) is 19.2. The van der Waals surface area contributed by atoms with Gasteiger partial charge >= 0.3 is 5.76 Å². The zero-order valence-electron chi connectivity index (χ0n) is 14.4. The highest BCUT2D eigenvalue weighted by Gasteiger charge is 2.27. The molecule has 0 fully saturated rings. The van der Waals surface area contributed by atoms with Crippen molar-refractivity contribution in [1.29, 1.82) is 0 Å². The van der Waals surface area contributed by atoms with Crippen LogP contribution in [-0.2, 0) is 16.4 Å². The quantitative estimate of drug-likeness (QED) is 0.678. The number of fused-ring (bicyclic) bond motifs is 2. The van der Waals surface area contributed by atoms with Crippen LogP contribution in [0.3, 0.4) is 0 Å². The molecule has 1 aliphatic rings. The third-order valence-corrected chi connectivity index (χ3v) is 5.78. The highest BCUT2D eigenvalue weighted by atomic mass is 32.2. The van der Waals surface area contributed by atoms with Crippen molar-refractivity contribution in [3.05, 3.63) is 36.4 Å². The molecular weight excluding hydrogens is 378 g/mol. The molecule has 6 nitrogen and oxygen atoms in total. The first-order valence-corrected chi connectivity index (χ1v) is 9.89. The van der Waals surface area contributed by atoms with Gasteiger partial charge in [0.15, 0.2) is 11.5 Å². The Morgan fingerprint density at radius 3 is 2.56 bits per heavy atom. The van der Waals surface area contributed by atoms with Crippen LogP contribution in [0.2, 0.25) is 0 Å². The summed E-state index contributed by atoms with van der Waals surface area (Å²) < 4.78 is 62.2. The summed E-state index contributed by atoms with van der Waals surface area (Å²) in [6, 6.07) is 9.30. The number of imidazole rings is 1. The van der Waals surface area contributed by atoms with Gasteiger partial charge < -0.3 is 14.0 Å². The lowest BCUT2D eigenvalue weighted by Gasteiger charge is -2.19. The van der Waals surface area contributed by atoms with E-state index in [0.717, 1.165) is 5.56 Å². The van der Waals surface area contributed by atoms with Crippen molar-refractivity contribution in [2.75, 3.05) is 13.2 Å². The fourth-order valence-electron chi connectivity index (χ4n) is 3.11. The Morgan fingerprint density at radius 2 is 1.85 bits per heavy atom. The minimum absolute atomic E-state index is 0.337. The van der Waals surface area contributed by atoms with Gasteiger partial charge in [0, 0.05) is 12.1 Å². The van der Waals surface area contributed by atoms with Crippen LogP contribution in [0.25, 0.3) is 22.4 Å². The molecule has 0 saturated heterocycles. The molecule has 0 bridgehead atoms. The Bertz CT molecular complexity index is 1130. The summed E-state index contributed by atoms with van der Waals surface area (Å²) in [7, 11) is -4.67. The minimum Gasteiger partial charge on any atom is -0.486 e. The normalized spacial score (nSPS) is 14.1. The van der Waals surface area contributed by atoms with Gasteiger partial charge in [-0.25, -0.2) is 13.4 Å². The molecule has 9 heteroatoms. The van der Waals surface area contributed by atoms with Gasteiger partial charge in [-0.2, -0.15) is 8.78 Å². The summed E-state index contributed by atoms with van der Waals surface area (Å²) in [5.41, 5.74) is 1.76. The number of halogens is 2. The maximum absolute atomic E-state index is 12.8. The Balaban J connectivity index is 1.86.